The van der Waals surface area contributed by atoms with Crippen LogP contribution in [-0.2, 0) is 0 Å². The smallest absolute Gasteiger partial charge is 0.256 e. The fourth-order valence-corrected chi connectivity index (χ4v) is 1.97. The lowest BCUT2D eigenvalue weighted by molar-refractivity contribution is 0.0771. The second kappa shape index (κ2) is 5.66. The van der Waals surface area contributed by atoms with Crippen LogP contribution in [0.2, 0.25) is 0 Å². The normalized spacial score (nSPS) is 13.7. The molecule has 1 aliphatic carbocycles. The van der Waals surface area contributed by atoms with Gasteiger partial charge >= 0.3 is 0 Å². The lowest BCUT2D eigenvalue weighted by Crippen LogP contribution is -2.33. The van der Waals surface area contributed by atoms with Gasteiger partial charge in [0.25, 0.3) is 5.91 Å². The number of nitrogens with zero attached hydrogens (tertiary/aromatic N) is 1. The maximum Gasteiger partial charge on any atom is 0.256 e. The van der Waals surface area contributed by atoms with Crippen molar-refractivity contribution in [1.29, 1.82) is 0 Å². The number of carbonyl (C=O) groups excluding carboxylic acids is 1. The molecule has 0 spiro atoms. The highest BCUT2D eigenvalue weighted by atomic mass is 16.5. The summed E-state index contributed by atoms with van der Waals surface area (Å²) in [6, 6.07) is 5.07. The number of carbonyl (C=O) groups is 1. The number of hydrogen-bond donors (Lipinski definition) is 1. The highest BCUT2D eigenvalue weighted by Gasteiger charge is 2.27. The monoisotopic (exact) mass is 258 g/mol. The minimum absolute atomic E-state index is 0.106. The zero-order valence-corrected chi connectivity index (χ0v) is 11.1. The topological polar surface area (TPSA) is 55.6 Å². The Bertz CT molecular complexity index is 515. The summed E-state index contributed by atoms with van der Waals surface area (Å²) in [4.78, 5) is 14.1. The number of rotatable bonds is 5. The zero-order valence-electron chi connectivity index (χ0n) is 11.1. The number of ether oxygens (including phenoxy) is 1. The van der Waals surface area contributed by atoms with Gasteiger partial charge in [-0.2, -0.15) is 0 Å². The van der Waals surface area contributed by atoms with Crippen molar-refractivity contribution in [1.82, 2.24) is 4.90 Å². The van der Waals surface area contributed by atoms with Crippen molar-refractivity contribution in [3.8, 4) is 18.1 Å². The van der Waals surface area contributed by atoms with E-state index in [2.05, 4.69) is 5.92 Å². The summed E-state index contributed by atoms with van der Waals surface area (Å²) in [5.74, 6) is 3.66. The quantitative estimate of drug-likeness (QED) is 0.647. The number of hydrogen-bond acceptors (Lipinski definition) is 3. The molecule has 4 nitrogen and oxygen atoms in total. The molecule has 1 aromatic carbocycles. The first kappa shape index (κ1) is 13.3. The van der Waals surface area contributed by atoms with Crippen LogP contribution in [0.3, 0.4) is 0 Å². The van der Waals surface area contributed by atoms with E-state index in [1.165, 1.54) is 12.8 Å². The molecule has 1 aromatic rings. The maximum atomic E-state index is 12.4. The third-order valence-corrected chi connectivity index (χ3v) is 3.23. The largest absolute Gasteiger partial charge is 0.497 e. The molecule has 1 amide bonds. The Morgan fingerprint density at radius 1 is 1.58 bits per heavy atom. The molecular weight excluding hydrogens is 240 g/mol. The number of nitrogen functional groups attached to an aromatic ring is 1. The number of nitrogens with two attached hydrogens (primary N) is 1. The minimum Gasteiger partial charge on any atom is -0.497 e. The molecule has 2 rings (SSSR count). The molecule has 0 bridgehead atoms. The highest BCUT2D eigenvalue weighted by molar-refractivity contribution is 5.99. The number of benzene rings is 1. The van der Waals surface area contributed by atoms with Gasteiger partial charge in [-0.05, 0) is 30.9 Å². The number of methoxy groups -OCH3 is 1. The van der Waals surface area contributed by atoms with Gasteiger partial charge in [0.05, 0.1) is 19.2 Å². The fraction of sp³-hybridized carbons (Fsp3) is 0.400. The van der Waals surface area contributed by atoms with Crippen LogP contribution in [0.1, 0.15) is 23.2 Å². The molecule has 0 aliphatic heterocycles. The van der Waals surface area contributed by atoms with Crippen molar-refractivity contribution in [2.45, 2.75) is 12.8 Å². The van der Waals surface area contributed by atoms with E-state index in [1.807, 2.05) is 0 Å². The van der Waals surface area contributed by atoms with E-state index >= 15 is 0 Å². The van der Waals surface area contributed by atoms with Crippen LogP contribution < -0.4 is 10.5 Å². The first-order valence-corrected chi connectivity index (χ1v) is 6.32. The lowest BCUT2D eigenvalue weighted by atomic mass is 10.1. The Labute approximate surface area is 113 Å². The summed E-state index contributed by atoms with van der Waals surface area (Å²) < 4.78 is 5.08. The molecule has 19 heavy (non-hydrogen) atoms. The Balaban J connectivity index is 2.18. The van der Waals surface area contributed by atoms with Gasteiger partial charge in [0.2, 0.25) is 0 Å². The number of amides is 1. The number of anilines is 1. The Morgan fingerprint density at radius 2 is 2.32 bits per heavy atom. The van der Waals surface area contributed by atoms with Crippen molar-refractivity contribution in [2.24, 2.45) is 5.92 Å². The summed E-state index contributed by atoms with van der Waals surface area (Å²) in [5, 5.41) is 0. The van der Waals surface area contributed by atoms with E-state index in [9.17, 15) is 4.79 Å². The molecule has 0 heterocycles. The number of terminal acetylenes is 1. The highest BCUT2D eigenvalue weighted by Crippen LogP contribution is 2.30. The fourth-order valence-electron chi connectivity index (χ4n) is 1.97. The van der Waals surface area contributed by atoms with Crippen molar-refractivity contribution in [3.05, 3.63) is 23.8 Å². The average Bonchev–Trinajstić information content (AvgIpc) is 3.21. The Hall–Kier alpha value is -2.15. The molecule has 1 saturated carbocycles. The average molecular weight is 258 g/mol. The van der Waals surface area contributed by atoms with E-state index in [1.54, 1.807) is 30.2 Å². The van der Waals surface area contributed by atoms with E-state index < -0.39 is 0 Å². The maximum absolute atomic E-state index is 12.4. The first-order chi connectivity index (χ1) is 9.15. The van der Waals surface area contributed by atoms with E-state index in [0.29, 0.717) is 36.0 Å². The van der Waals surface area contributed by atoms with Crippen molar-refractivity contribution in [2.75, 3.05) is 25.9 Å². The molecule has 1 fully saturated rings. The first-order valence-electron chi connectivity index (χ1n) is 6.32. The van der Waals surface area contributed by atoms with Crippen molar-refractivity contribution in [3.63, 3.8) is 0 Å². The van der Waals surface area contributed by atoms with Gasteiger partial charge < -0.3 is 15.4 Å². The summed E-state index contributed by atoms with van der Waals surface area (Å²) >= 11 is 0. The van der Waals surface area contributed by atoms with Crippen LogP contribution in [0, 0.1) is 18.3 Å². The predicted molar refractivity (Wildman–Crippen MR) is 74.9 cm³/mol. The Kier molecular flexibility index (Phi) is 3.96. The molecule has 2 N–H and O–H groups in total. The van der Waals surface area contributed by atoms with E-state index in [-0.39, 0.29) is 5.91 Å². The van der Waals surface area contributed by atoms with Crippen LogP contribution in [-0.4, -0.2) is 31.0 Å². The second-order valence-corrected chi connectivity index (χ2v) is 4.79. The molecule has 0 atom stereocenters. The van der Waals surface area contributed by atoms with Crippen LogP contribution >= 0.6 is 0 Å². The van der Waals surface area contributed by atoms with Crippen molar-refractivity contribution >= 4 is 11.6 Å². The SMILES string of the molecule is C#CCN(CC1CC1)C(=O)c1ccc(OC)cc1N. The van der Waals surface area contributed by atoms with Gasteiger partial charge in [-0.3, -0.25) is 4.79 Å². The molecule has 100 valence electrons. The van der Waals surface area contributed by atoms with Gasteiger partial charge in [0.15, 0.2) is 0 Å². The lowest BCUT2D eigenvalue weighted by Gasteiger charge is -2.21. The van der Waals surface area contributed by atoms with Crippen molar-refractivity contribution < 1.29 is 9.53 Å². The third-order valence-electron chi connectivity index (χ3n) is 3.23. The van der Waals surface area contributed by atoms with Crippen LogP contribution in [0.5, 0.6) is 5.75 Å². The molecule has 4 heteroatoms. The summed E-state index contributed by atoms with van der Waals surface area (Å²) in [5.41, 5.74) is 6.80. The van der Waals surface area contributed by atoms with Gasteiger partial charge in [0, 0.05) is 18.3 Å². The van der Waals surface area contributed by atoms with E-state index in [4.69, 9.17) is 16.9 Å². The minimum atomic E-state index is -0.106. The van der Waals surface area contributed by atoms with Gasteiger partial charge in [-0.1, -0.05) is 5.92 Å². The van der Waals surface area contributed by atoms with Crippen LogP contribution in [0.15, 0.2) is 18.2 Å². The molecular formula is C15H18N2O2. The molecule has 1 aliphatic rings. The van der Waals surface area contributed by atoms with E-state index in [0.717, 1.165) is 0 Å². The standard InChI is InChI=1S/C15H18N2O2/c1-3-8-17(10-11-4-5-11)15(18)13-7-6-12(19-2)9-14(13)16/h1,6-7,9,11H,4-5,8,10,16H2,2H3. The Morgan fingerprint density at radius 3 is 2.84 bits per heavy atom. The molecule has 0 radical (unpaired) electrons. The van der Waals surface area contributed by atoms with Crippen LogP contribution in [0.4, 0.5) is 5.69 Å². The summed E-state index contributed by atoms with van der Waals surface area (Å²) in [6.45, 7) is 1.04. The molecule has 0 saturated heterocycles. The summed E-state index contributed by atoms with van der Waals surface area (Å²) in [6.07, 6.45) is 7.68. The molecule has 0 aromatic heterocycles. The predicted octanol–water partition coefficient (Wildman–Crippen LogP) is 1.76. The third kappa shape index (κ3) is 3.19. The van der Waals surface area contributed by atoms with Gasteiger partial charge in [-0.25, -0.2) is 0 Å². The second-order valence-electron chi connectivity index (χ2n) is 4.79. The van der Waals surface area contributed by atoms with Crippen LogP contribution in [0.25, 0.3) is 0 Å². The summed E-state index contributed by atoms with van der Waals surface area (Å²) in [7, 11) is 1.56. The van der Waals surface area contributed by atoms with Gasteiger partial charge in [-0.15, -0.1) is 6.42 Å². The zero-order chi connectivity index (χ0) is 13.8. The molecule has 0 unspecified atom stereocenters. The van der Waals surface area contributed by atoms with Gasteiger partial charge in [0.1, 0.15) is 5.75 Å².